The molecule has 0 spiro atoms. The van der Waals surface area contributed by atoms with Gasteiger partial charge in [0, 0.05) is 17.7 Å². The molecule has 4 rings (SSSR count). The van der Waals surface area contributed by atoms with Crippen LogP contribution in [0.4, 0.5) is 4.39 Å². The summed E-state index contributed by atoms with van der Waals surface area (Å²) in [5.74, 6) is 0.266. The van der Waals surface area contributed by atoms with Crippen molar-refractivity contribution < 1.29 is 13.9 Å². The standard InChI is InChI=1S/C21H19FN3O2S/c1-5-12(3)27-17-9-18-15(8-14(17)22)25-21(28-18)13-6-11(2)7-16-20(13)23-10-19(24-16)26-4/h5-10,12H,1-4H3/t12-/m0/s1. The third-order valence-electron chi connectivity index (χ3n) is 4.43. The summed E-state index contributed by atoms with van der Waals surface area (Å²) in [7, 11) is 1.56. The minimum absolute atomic E-state index is 0.176. The molecule has 1 radical (unpaired) electrons. The molecular formula is C21H19FN3O2S. The Balaban J connectivity index is 1.85. The average molecular weight is 396 g/mol. The topological polar surface area (TPSA) is 57.1 Å². The molecule has 143 valence electrons. The molecule has 0 amide bonds. The van der Waals surface area contributed by atoms with Gasteiger partial charge >= 0.3 is 0 Å². The van der Waals surface area contributed by atoms with Crippen molar-refractivity contribution in [3.05, 3.63) is 48.3 Å². The number of thiazole rings is 1. The van der Waals surface area contributed by atoms with E-state index in [1.165, 1.54) is 17.4 Å². The molecule has 0 saturated heterocycles. The summed E-state index contributed by atoms with van der Waals surface area (Å²) in [5.41, 5.74) is 3.96. The summed E-state index contributed by atoms with van der Waals surface area (Å²) >= 11 is 1.47. The van der Waals surface area contributed by atoms with Crippen LogP contribution >= 0.6 is 11.3 Å². The highest BCUT2D eigenvalue weighted by atomic mass is 32.1. The molecule has 2 aromatic heterocycles. The molecular weight excluding hydrogens is 377 g/mol. The number of aryl methyl sites for hydroxylation is 1. The Morgan fingerprint density at radius 3 is 2.71 bits per heavy atom. The van der Waals surface area contributed by atoms with E-state index in [4.69, 9.17) is 9.47 Å². The number of ether oxygens (including phenoxy) is 2. The van der Waals surface area contributed by atoms with Gasteiger partial charge in [-0.05, 0) is 38.0 Å². The molecule has 0 unspecified atom stereocenters. The van der Waals surface area contributed by atoms with Crippen LogP contribution in [0.3, 0.4) is 0 Å². The van der Waals surface area contributed by atoms with Gasteiger partial charge in [0.05, 0.1) is 40.7 Å². The summed E-state index contributed by atoms with van der Waals surface area (Å²) in [6, 6.07) is 7.09. The normalized spacial score (nSPS) is 12.5. The third kappa shape index (κ3) is 3.38. The SMILES string of the molecule is C[CH][C@H](C)Oc1cc2sc(-c3cc(C)cc4nc(OC)cnc34)nc2cc1F. The van der Waals surface area contributed by atoms with Crippen molar-refractivity contribution in [1.82, 2.24) is 15.0 Å². The highest BCUT2D eigenvalue weighted by molar-refractivity contribution is 7.21. The van der Waals surface area contributed by atoms with Crippen molar-refractivity contribution in [2.24, 2.45) is 0 Å². The minimum Gasteiger partial charge on any atom is -0.487 e. The Labute approximate surface area is 166 Å². The van der Waals surface area contributed by atoms with E-state index in [-0.39, 0.29) is 11.9 Å². The molecule has 0 aliphatic carbocycles. The largest absolute Gasteiger partial charge is 0.487 e. The van der Waals surface area contributed by atoms with E-state index in [0.29, 0.717) is 11.4 Å². The number of rotatable bonds is 5. The maximum atomic E-state index is 14.4. The highest BCUT2D eigenvalue weighted by Crippen LogP contribution is 2.37. The Morgan fingerprint density at radius 2 is 1.96 bits per heavy atom. The first-order chi connectivity index (χ1) is 13.5. The van der Waals surface area contributed by atoms with Gasteiger partial charge < -0.3 is 9.47 Å². The van der Waals surface area contributed by atoms with Gasteiger partial charge in [0.15, 0.2) is 11.6 Å². The van der Waals surface area contributed by atoms with Crippen molar-refractivity contribution in [2.75, 3.05) is 7.11 Å². The summed E-state index contributed by atoms with van der Waals surface area (Å²) in [5, 5.41) is 0.759. The lowest BCUT2D eigenvalue weighted by Gasteiger charge is -2.12. The molecule has 0 aliphatic heterocycles. The van der Waals surface area contributed by atoms with Gasteiger partial charge in [-0.2, -0.15) is 0 Å². The lowest BCUT2D eigenvalue weighted by molar-refractivity contribution is 0.243. The van der Waals surface area contributed by atoms with Crippen LogP contribution in [0.1, 0.15) is 19.4 Å². The lowest BCUT2D eigenvalue weighted by Crippen LogP contribution is -2.11. The van der Waals surface area contributed by atoms with Crippen LogP contribution in [0.5, 0.6) is 11.6 Å². The van der Waals surface area contributed by atoms with Gasteiger partial charge in [-0.1, -0.05) is 6.92 Å². The Hall–Kier alpha value is -2.80. The zero-order chi connectivity index (χ0) is 19.8. The fraction of sp³-hybridized carbons (Fsp3) is 0.238. The molecule has 28 heavy (non-hydrogen) atoms. The molecule has 5 nitrogen and oxygen atoms in total. The molecule has 0 N–H and O–H groups in total. The molecule has 2 aromatic carbocycles. The molecule has 0 fully saturated rings. The summed E-state index contributed by atoms with van der Waals surface area (Å²) in [4.78, 5) is 13.6. The number of hydrogen-bond acceptors (Lipinski definition) is 6. The number of benzene rings is 2. The maximum absolute atomic E-state index is 14.4. The molecule has 7 heteroatoms. The fourth-order valence-corrected chi connectivity index (χ4v) is 3.91. The number of hydrogen-bond donors (Lipinski definition) is 0. The fourth-order valence-electron chi connectivity index (χ4n) is 2.91. The molecule has 1 atom stereocenters. The first kappa shape index (κ1) is 18.6. The smallest absolute Gasteiger partial charge is 0.232 e. The van der Waals surface area contributed by atoms with Crippen molar-refractivity contribution >= 4 is 32.6 Å². The molecule has 2 heterocycles. The second-order valence-corrected chi connectivity index (χ2v) is 7.55. The lowest BCUT2D eigenvalue weighted by atomic mass is 10.1. The van der Waals surface area contributed by atoms with Gasteiger partial charge in [-0.25, -0.2) is 19.3 Å². The van der Waals surface area contributed by atoms with Crippen LogP contribution in [0.15, 0.2) is 30.5 Å². The second-order valence-electron chi connectivity index (χ2n) is 6.52. The van der Waals surface area contributed by atoms with Crippen LogP contribution in [-0.4, -0.2) is 28.2 Å². The van der Waals surface area contributed by atoms with Crippen LogP contribution in [0.25, 0.3) is 31.8 Å². The third-order valence-corrected chi connectivity index (χ3v) is 5.48. The minimum atomic E-state index is -0.420. The van der Waals surface area contributed by atoms with Crippen LogP contribution in [-0.2, 0) is 0 Å². The zero-order valence-corrected chi connectivity index (χ0v) is 16.8. The maximum Gasteiger partial charge on any atom is 0.232 e. The van der Waals surface area contributed by atoms with Crippen LogP contribution in [0.2, 0.25) is 0 Å². The Morgan fingerprint density at radius 1 is 1.14 bits per heavy atom. The van der Waals surface area contributed by atoms with Gasteiger partial charge in [0.25, 0.3) is 0 Å². The number of methoxy groups -OCH3 is 1. The number of halogens is 1. The summed E-state index contributed by atoms with van der Waals surface area (Å²) in [6.07, 6.45) is 3.28. The quantitative estimate of drug-likeness (QED) is 0.455. The molecule has 0 saturated carbocycles. The molecule has 0 bridgehead atoms. The number of nitrogens with zero attached hydrogens (tertiary/aromatic N) is 3. The average Bonchev–Trinajstić information content (AvgIpc) is 3.09. The van der Waals surface area contributed by atoms with E-state index in [0.717, 1.165) is 31.9 Å². The van der Waals surface area contributed by atoms with E-state index in [1.54, 1.807) is 19.4 Å². The van der Waals surface area contributed by atoms with Crippen LogP contribution in [0, 0.1) is 19.2 Å². The van der Waals surface area contributed by atoms with Gasteiger partial charge in [0.1, 0.15) is 5.01 Å². The van der Waals surface area contributed by atoms with E-state index >= 15 is 0 Å². The molecule has 4 aromatic rings. The van der Waals surface area contributed by atoms with E-state index in [9.17, 15) is 4.39 Å². The number of aromatic nitrogens is 3. The first-order valence-corrected chi connectivity index (χ1v) is 9.68. The second kappa shape index (κ2) is 7.31. The van der Waals surface area contributed by atoms with Crippen molar-refractivity contribution in [3.63, 3.8) is 0 Å². The predicted octanol–water partition coefficient (Wildman–Crippen LogP) is 5.35. The Bertz CT molecular complexity index is 1180. The van der Waals surface area contributed by atoms with Gasteiger partial charge in [-0.15, -0.1) is 11.3 Å². The van der Waals surface area contributed by atoms with Gasteiger partial charge in [-0.3, -0.25) is 0 Å². The predicted molar refractivity (Wildman–Crippen MR) is 109 cm³/mol. The monoisotopic (exact) mass is 396 g/mol. The molecule has 0 aliphatic rings. The van der Waals surface area contributed by atoms with Gasteiger partial charge in [0.2, 0.25) is 5.88 Å². The first-order valence-electron chi connectivity index (χ1n) is 8.86. The van der Waals surface area contributed by atoms with Crippen molar-refractivity contribution in [2.45, 2.75) is 26.9 Å². The zero-order valence-electron chi connectivity index (χ0n) is 16.0. The van der Waals surface area contributed by atoms with Crippen molar-refractivity contribution in [1.29, 1.82) is 0 Å². The van der Waals surface area contributed by atoms with Crippen LogP contribution < -0.4 is 9.47 Å². The van der Waals surface area contributed by atoms with E-state index < -0.39 is 5.82 Å². The highest BCUT2D eigenvalue weighted by Gasteiger charge is 2.16. The van der Waals surface area contributed by atoms with E-state index in [1.807, 2.05) is 39.3 Å². The van der Waals surface area contributed by atoms with E-state index in [2.05, 4.69) is 15.0 Å². The van der Waals surface area contributed by atoms with Crippen molar-refractivity contribution in [3.8, 4) is 22.2 Å². The number of fused-ring (bicyclic) bond motifs is 2. The Kier molecular flexibility index (Phi) is 4.85. The summed E-state index contributed by atoms with van der Waals surface area (Å²) in [6.45, 7) is 5.74. The summed E-state index contributed by atoms with van der Waals surface area (Å²) < 4.78 is 26.1.